The Bertz CT molecular complexity index is 473. The fourth-order valence-corrected chi connectivity index (χ4v) is 3.77. The Balaban J connectivity index is 2.14. The predicted molar refractivity (Wildman–Crippen MR) is 89.7 cm³/mol. The van der Waals surface area contributed by atoms with Crippen LogP contribution in [0.5, 0.6) is 5.75 Å². The van der Waals surface area contributed by atoms with Gasteiger partial charge in [-0.05, 0) is 68.4 Å². The number of methoxy groups -OCH3 is 1. The van der Waals surface area contributed by atoms with E-state index in [0.717, 1.165) is 17.6 Å². The maximum absolute atomic E-state index is 6.61. The van der Waals surface area contributed by atoms with Gasteiger partial charge < -0.3 is 10.5 Å². The van der Waals surface area contributed by atoms with Gasteiger partial charge in [0.25, 0.3) is 0 Å². The van der Waals surface area contributed by atoms with Gasteiger partial charge in [-0.3, -0.25) is 0 Å². The molecule has 0 amide bonds. The number of aryl methyl sites for hydroxylation is 1. The molecule has 2 nitrogen and oxygen atoms in total. The second kappa shape index (κ2) is 6.83. The number of nitrogens with two attached hydrogens (primary N) is 1. The number of benzene rings is 1. The highest BCUT2D eigenvalue weighted by atomic mass is 16.5. The van der Waals surface area contributed by atoms with Crippen molar-refractivity contribution in [2.45, 2.75) is 59.4 Å². The van der Waals surface area contributed by atoms with Crippen molar-refractivity contribution in [3.63, 3.8) is 0 Å². The van der Waals surface area contributed by atoms with Crippen LogP contribution in [0.25, 0.3) is 0 Å². The van der Waals surface area contributed by atoms with Crippen molar-refractivity contribution in [1.29, 1.82) is 0 Å². The lowest BCUT2D eigenvalue weighted by Crippen LogP contribution is -2.28. The SMILES string of the molecule is COc1c(C(N)C2CCC(C(C)C)CC2)ccc(C)c1C. The van der Waals surface area contributed by atoms with Crippen molar-refractivity contribution in [2.75, 3.05) is 7.11 Å². The number of hydrogen-bond donors (Lipinski definition) is 1. The lowest BCUT2D eigenvalue weighted by atomic mass is 9.73. The molecule has 2 heteroatoms. The van der Waals surface area contributed by atoms with E-state index < -0.39 is 0 Å². The molecule has 0 aromatic heterocycles. The molecule has 0 heterocycles. The lowest BCUT2D eigenvalue weighted by Gasteiger charge is -2.34. The summed E-state index contributed by atoms with van der Waals surface area (Å²) in [4.78, 5) is 0. The first kappa shape index (κ1) is 16.4. The van der Waals surface area contributed by atoms with Crippen LogP contribution >= 0.6 is 0 Å². The first-order valence-corrected chi connectivity index (χ1v) is 8.35. The minimum atomic E-state index is 0.104. The van der Waals surface area contributed by atoms with Gasteiger partial charge in [0.2, 0.25) is 0 Å². The molecule has 1 aliphatic rings. The van der Waals surface area contributed by atoms with Crippen LogP contribution in [0.4, 0.5) is 0 Å². The molecule has 1 unspecified atom stereocenters. The van der Waals surface area contributed by atoms with Crippen molar-refractivity contribution in [3.05, 3.63) is 28.8 Å². The largest absolute Gasteiger partial charge is 0.496 e. The summed E-state index contributed by atoms with van der Waals surface area (Å²) in [6.07, 6.45) is 5.15. The summed E-state index contributed by atoms with van der Waals surface area (Å²) in [6.45, 7) is 8.94. The van der Waals surface area contributed by atoms with E-state index in [1.54, 1.807) is 7.11 Å². The molecule has 0 radical (unpaired) electrons. The summed E-state index contributed by atoms with van der Waals surface area (Å²) < 4.78 is 5.65. The second-order valence-corrected chi connectivity index (χ2v) is 7.07. The third kappa shape index (κ3) is 3.42. The summed E-state index contributed by atoms with van der Waals surface area (Å²) in [5, 5.41) is 0. The molecule has 1 saturated carbocycles. The van der Waals surface area contributed by atoms with E-state index in [9.17, 15) is 0 Å². The van der Waals surface area contributed by atoms with E-state index in [1.807, 2.05) is 0 Å². The average molecular weight is 289 g/mol. The van der Waals surface area contributed by atoms with Crippen LogP contribution in [0, 0.1) is 31.6 Å². The van der Waals surface area contributed by atoms with Crippen LogP contribution in [-0.2, 0) is 0 Å². The molecular weight excluding hydrogens is 258 g/mol. The van der Waals surface area contributed by atoms with Gasteiger partial charge >= 0.3 is 0 Å². The summed E-state index contributed by atoms with van der Waals surface area (Å²) in [7, 11) is 1.76. The summed E-state index contributed by atoms with van der Waals surface area (Å²) >= 11 is 0. The Morgan fingerprint density at radius 2 is 1.62 bits per heavy atom. The Morgan fingerprint density at radius 3 is 2.14 bits per heavy atom. The smallest absolute Gasteiger partial charge is 0.126 e. The van der Waals surface area contributed by atoms with Gasteiger partial charge in [0.15, 0.2) is 0 Å². The Labute approximate surface area is 130 Å². The molecule has 0 spiro atoms. The highest BCUT2D eigenvalue weighted by molar-refractivity contribution is 5.46. The van der Waals surface area contributed by atoms with Crippen molar-refractivity contribution in [2.24, 2.45) is 23.5 Å². The van der Waals surface area contributed by atoms with Crippen LogP contribution in [0.1, 0.15) is 62.3 Å². The second-order valence-electron chi connectivity index (χ2n) is 7.07. The standard InChI is InChI=1S/C19H31NO/c1-12(2)15-7-9-16(10-8-15)18(20)17-11-6-13(3)14(4)19(17)21-5/h6,11-12,15-16,18H,7-10,20H2,1-5H3. The van der Waals surface area contributed by atoms with Crippen molar-refractivity contribution >= 4 is 0 Å². The normalized spacial score (nSPS) is 24.1. The molecule has 2 N–H and O–H groups in total. The number of ether oxygens (including phenoxy) is 1. The van der Waals surface area contributed by atoms with Gasteiger partial charge in [-0.15, -0.1) is 0 Å². The molecule has 21 heavy (non-hydrogen) atoms. The predicted octanol–water partition coefficient (Wildman–Crippen LogP) is 4.77. The van der Waals surface area contributed by atoms with E-state index in [1.165, 1.54) is 42.4 Å². The van der Waals surface area contributed by atoms with Gasteiger partial charge in [0.05, 0.1) is 7.11 Å². The molecule has 1 fully saturated rings. The zero-order valence-corrected chi connectivity index (χ0v) is 14.3. The summed E-state index contributed by atoms with van der Waals surface area (Å²) in [5.41, 5.74) is 10.3. The third-order valence-electron chi connectivity index (χ3n) is 5.54. The van der Waals surface area contributed by atoms with Gasteiger partial charge in [-0.1, -0.05) is 26.0 Å². The molecule has 1 aromatic rings. The Kier molecular flexibility index (Phi) is 5.32. The summed E-state index contributed by atoms with van der Waals surface area (Å²) in [5.74, 6) is 3.28. The van der Waals surface area contributed by atoms with Crippen molar-refractivity contribution in [1.82, 2.24) is 0 Å². The molecule has 1 aliphatic carbocycles. The van der Waals surface area contributed by atoms with Crippen molar-refractivity contribution in [3.8, 4) is 5.75 Å². The van der Waals surface area contributed by atoms with Gasteiger partial charge in [-0.25, -0.2) is 0 Å². The molecule has 0 saturated heterocycles. The monoisotopic (exact) mass is 289 g/mol. The van der Waals surface area contributed by atoms with Crippen LogP contribution in [0.2, 0.25) is 0 Å². The topological polar surface area (TPSA) is 35.2 Å². The van der Waals surface area contributed by atoms with E-state index in [0.29, 0.717) is 5.92 Å². The maximum atomic E-state index is 6.61. The molecule has 1 aromatic carbocycles. The Morgan fingerprint density at radius 1 is 1.05 bits per heavy atom. The quantitative estimate of drug-likeness (QED) is 0.866. The van der Waals surface area contributed by atoms with E-state index in [-0.39, 0.29) is 6.04 Å². The maximum Gasteiger partial charge on any atom is 0.126 e. The molecule has 0 aliphatic heterocycles. The zero-order chi connectivity index (χ0) is 15.6. The molecule has 118 valence electrons. The van der Waals surface area contributed by atoms with Crippen LogP contribution < -0.4 is 10.5 Å². The van der Waals surface area contributed by atoms with Crippen LogP contribution in [-0.4, -0.2) is 7.11 Å². The van der Waals surface area contributed by atoms with Gasteiger partial charge in [0.1, 0.15) is 5.75 Å². The molecule has 0 bridgehead atoms. The van der Waals surface area contributed by atoms with Gasteiger partial charge in [-0.2, -0.15) is 0 Å². The highest BCUT2D eigenvalue weighted by Gasteiger charge is 2.29. The minimum Gasteiger partial charge on any atom is -0.496 e. The van der Waals surface area contributed by atoms with Gasteiger partial charge in [0, 0.05) is 11.6 Å². The molecule has 2 rings (SSSR count). The zero-order valence-electron chi connectivity index (χ0n) is 14.3. The van der Waals surface area contributed by atoms with Crippen LogP contribution in [0.15, 0.2) is 12.1 Å². The fourth-order valence-electron chi connectivity index (χ4n) is 3.77. The lowest BCUT2D eigenvalue weighted by molar-refractivity contribution is 0.202. The molecular formula is C19H31NO. The van der Waals surface area contributed by atoms with E-state index in [2.05, 4.69) is 39.8 Å². The number of hydrogen-bond acceptors (Lipinski definition) is 2. The fraction of sp³-hybridized carbons (Fsp3) is 0.684. The average Bonchev–Trinajstić information content (AvgIpc) is 2.49. The summed E-state index contributed by atoms with van der Waals surface area (Å²) in [6, 6.07) is 4.44. The number of rotatable bonds is 4. The Hall–Kier alpha value is -1.02. The minimum absolute atomic E-state index is 0.104. The van der Waals surface area contributed by atoms with Crippen molar-refractivity contribution < 1.29 is 4.74 Å². The first-order chi connectivity index (χ1) is 9.95. The van der Waals surface area contributed by atoms with E-state index in [4.69, 9.17) is 10.5 Å². The van der Waals surface area contributed by atoms with Crippen LogP contribution in [0.3, 0.4) is 0 Å². The third-order valence-corrected chi connectivity index (χ3v) is 5.54. The first-order valence-electron chi connectivity index (χ1n) is 8.35. The van der Waals surface area contributed by atoms with E-state index >= 15 is 0 Å². The highest BCUT2D eigenvalue weighted by Crippen LogP contribution is 2.41. The molecule has 1 atom stereocenters.